The van der Waals surface area contributed by atoms with E-state index < -0.39 is 0 Å². The van der Waals surface area contributed by atoms with Crippen molar-refractivity contribution in [1.82, 2.24) is 4.98 Å². The number of hydrogen-bond donors (Lipinski definition) is 1. The van der Waals surface area contributed by atoms with Crippen molar-refractivity contribution >= 4 is 11.3 Å². The second kappa shape index (κ2) is 5.43. The van der Waals surface area contributed by atoms with Gasteiger partial charge in [0.1, 0.15) is 0 Å². The van der Waals surface area contributed by atoms with Gasteiger partial charge < -0.3 is 5.11 Å². The minimum absolute atomic E-state index is 0.345. The highest BCUT2D eigenvalue weighted by Crippen LogP contribution is 2.18. The Morgan fingerprint density at radius 1 is 1.18 bits per heavy atom. The van der Waals surface area contributed by atoms with Gasteiger partial charge in [-0.3, -0.25) is 0 Å². The SMILES string of the molecule is Cc1nc(CC(O)Cc2ccccc2)sc1C. The van der Waals surface area contributed by atoms with Gasteiger partial charge in [-0.1, -0.05) is 30.3 Å². The van der Waals surface area contributed by atoms with E-state index in [-0.39, 0.29) is 6.10 Å². The summed E-state index contributed by atoms with van der Waals surface area (Å²) in [5, 5.41) is 11.1. The van der Waals surface area contributed by atoms with Gasteiger partial charge in [-0.2, -0.15) is 0 Å². The summed E-state index contributed by atoms with van der Waals surface area (Å²) < 4.78 is 0. The van der Waals surface area contributed by atoms with Gasteiger partial charge >= 0.3 is 0 Å². The second-order valence-corrected chi connectivity index (χ2v) is 5.58. The lowest BCUT2D eigenvalue weighted by Gasteiger charge is -2.08. The van der Waals surface area contributed by atoms with Crippen molar-refractivity contribution in [2.75, 3.05) is 0 Å². The summed E-state index contributed by atoms with van der Waals surface area (Å²) in [6, 6.07) is 10.1. The second-order valence-electron chi connectivity index (χ2n) is 4.30. The summed E-state index contributed by atoms with van der Waals surface area (Å²) >= 11 is 1.68. The standard InChI is InChI=1S/C14H17NOS/c1-10-11(2)17-14(15-10)9-13(16)8-12-6-4-3-5-7-12/h3-7,13,16H,8-9H2,1-2H3. The topological polar surface area (TPSA) is 33.1 Å². The van der Waals surface area contributed by atoms with Crippen molar-refractivity contribution in [2.45, 2.75) is 32.8 Å². The first-order chi connectivity index (χ1) is 8.15. The van der Waals surface area contributed by atoms with Crippen LogP contribution in [0.1, 0.15) is 21.1 Å². The first kappa shape index (κ1) is 12.3. The highest BCUT2D eigenvalue weighted by Gasteiger charge is 2.10. The van der Waals surface area contributed by atoms with Crippen LogP contribution in [0.25, 0.3) is 0 Å². The molecule has 2 rings (SSSR count). The van der Waals surface area contributed by atoms with Crippen molar-refractivity contribution in [3.8, 4) is 0 Å². The monoisotopic (exact) mass is 247 g/mol. The summed E-state index contributed by atoms with van der Waals surface area (Å²) in [4.78, 5) is 5.69. The van der Waals surface area contributed by atoms with Crippen LogP contribution in [0, 0.1) is 13.8 Å². The Kier molecular flexibility index (Phi) is 3.92. The van der Waals surface area contributed by atoms with E-state index >= 15 is 0 Å². The summed E-state index contributed by atoms with van der Waals surface area (Å²) in [7, 11) is 0. The van der Waals surface area contributed by atoms with Gasteiger partial charge in [-0.05, 0) is 25.8 Å². The number of aliphatic hydroxyl groups excluding tert-OH is 1. The highest BCUT2D eigenvalue weighted by molar-refractivity contribution is 7.11. The number of thiazole rings is 1. The van der Waals surface area contributed by atoms with Gasteiger partial charge in [0.2, 0.25) is 0 Å². The van der Waals surface area contributed by atoms with Crippen molar-refractivity contribution < 1.29 is 5.11 Å². The number of benzene rings is 1. The molecule has 1 heterocycles. The predicted molar refractivity (Wildman–Crippen MR) is 71.4 cm³/mol. The zero-order chi connectivity index (χ0) is 12.3. The molecular formula is C14H17NOS. The summed E-state index contributed by atoms with van der Waals surface area (Å²) in [6.07, 6.45) is 0.995. The molecule has 0 spiro atoms. The minimum Gasteiger partial charge on any atom is -0.392 e. The molecule has 1 aromatic heterocycles. The van der Waals surface area contributed by atoms with Gasteiger partial charge in [0.05, 0.1) is 16.8 Å². The molecule has 1 unspecified atom stereocenters. The largest absolute Gasteiger partial charge is 0.392 e. The van der Waals surface area contributed by atoms with Crippen molar-refractivity contribution in [1.29, 1.82) is 0 Å². The molecule has 0 bridgehead atoms. The molecule has 0 aliphatic carbocycles. The van der Waals surface area contributed by atoms with E-state index in [9.17, 15) is 5.11 Å². The van der Waals surface area contributed by atoms with Crippen LogP contribution in [-0.4, -0.2) is 16.2 Å². The van der Waals surface area contributed by atoms with Crippen LogP contribution in [0.5, 0.6) is 0 Å². The normalized spacial score (nSPS) is 12.6. The van der Waals surface area contributed by atoms with Crippen LogP contribution in [0.4, 0.5) is 0 Å². The molecule has 0 aliphatic rings. The highest BCUT2D eigenvalue weighted by atomic mass is 32.1. The zero-order valence-corrected chi connectivity index (χ0v) is 11.0. The van der Waals surface area contributed by atoms with Crippen LogP contribution in [0.3, 0.4) is 0 Å². The van der Waals surface area contributed by atoms with E-state index in [2.05, 4.69) is 11.9 Å². The molecule has 90 valence electrons. The molecule has 0 aliphatic heterocycles. The zero-order valence-electron chi connectivity index (χ0n) is 10.2. The molecule has 0 amide bonds. The Hall–Kier alpha value is -1.19. The van der Waals surface area contributed by atoms with Crippen LogP contribution >= 0.6 is 11.3 Å². The third-order valence-electron chi connectivity index (χ3n) is 2.80. The molecule has 0 radical (unpaired) electrons. The Morgan fingerprint density at radius 3 is 2.47 bits per heavy atom. The molecule has 1 N–H and O–H groups in total. The first-order valence-electron chi connectivity index (χ1n) is 5.80. The van der Waals surface area contributed by atoms with Crippen molar-refractivity contribution in [2.24, 2.45) is 0 Å². The maximum atomic E-state index is 10.0. The smallest absolute Gasteiger partial charge is 0.0956 e. The number of aliphatic hydroxyl groups is 1. The third kappa shape index (κ3) is 3.38. The number of hydrogen-bond acceptors (Lipinski definition) is 3. The predicted octanol–water partition coefficient (Wildman–Crippen LogP) is 2.91. The number of aryl methyl sites for hydroxylation is 2. The van der Waals surface area contributed by atoms with Gasteiger partial charge in [0, 0.05) is 11.3 Å². The van der Waals surface area contributed by atoms with E-state index in [4.69, 9.17) is 0 Å². The van der Waals surface area contributed by atoms with Gasteiger partial charge in [-0.15, -0.1) is 11.3 Å². The fourth-order valence-electron chi connectivity index (χ4n) is 1.79. The summed E-state index contributed by atoms with van der Waals surface area (Å²) in [6.45, 7) is 4.08. The van der Waals surface area contributed by atoms with Gasteiger partial charge in [0.25, 0.3) is 0 Å². The first-order valence-corrected chi connectivity index (χ1v) is 6.61. The molecule has 2 nitrogen and oxygen atoms in total. The maximum absolute atomic E-state index is 10.0. The lowest BCUT2D eigenvalue weighted by atomic mass is 10.1. The Balaban J connectivity index is 1.95. The molecule has 1 aromatic carbocycles. The van der Waals surface area contributed by atoms with Crippen LogP contribution in [0.15, 0.2) is 30.3 Å². The molecule has 3 heteroatoms. The molecular weight excluding hydrogens is 230 g/mol. The quantitative estimate of drug-likeness (QED) is 0.901. The average molecular weight is 247 g/mol. The molecule has 0 saturated carbocycles. The van der Waals surface area contributed by atoms with E-state index in [1.165, 1.54) is 10.4 Å². The molecule has 0 fully saturated rings. The minimum atomic E-state index is -0.345. The van der Waals surface area contributed by atoms with Crippen molar-refractivity contribution in [3.05, 3.63) is 51.5 Å². The van der Waals surface area contributed by atoms with Crippen LogP contribution < -0.4 is 0 Å². The number of aromatic nitrogens is 1. The van der Waals surface area contributed by atoms with E-state index in [0.717, 1.165) is 10.7 Å². The molecule has 0 saturated heterocycles. The maximum Gasteiger partial charge on any atom is 0.0956 e. The lowest BCUT2D eigenvalue weighted by molar-refractivity contribution is 0.175. The van der Waals surface area contributed by atoms with E-state index in [1.54, 1.807) is 11.3 Å². The lowest BCUT2D eigenvalue weighted by Crippen LogP contribution is -2.13. The molecule has 2 aromatic rings. The fourth-order valence-corrected chi connectivity index (χ4v) is 2.79. The number of rotatable bonds is 4. The fraction of sp³-hybridized carbons (Fsp3) is 0.357. The Morgan fingerprint density at radius 2 is 1.88 bits per heavy atom. The summed E-state index contributed by atoms with van der Waals surface area (Å²) in [5.41, 5.74) is 2.25. The average Bonchev–Trinajstić information content (AvgIpc) is 2.59. The van der Waals surface area contributed by atoms with Crippen LogP contribution in [-0.2, 0) is 12.8 Å². The third-order valence-corrected chi connectivity index (χ3v) is 3.89. The van der Waals surface area contributed by atoms with Gasteiger partial charge in [0.15, 0.2) is 0 Å². The van der Waals surface area contributed by atoms with E-state index in [0.29, 0.717) is 12.8 Å². The Bertz CT molecular complexity index is 459. The summed E-state index contributed by atoms with van der Waals surface area (Å²) in [5.74, 6) is 0. The molecule has 1 atom stereocenters. The van der Waals surface area contributed by atoms with Crippen molar-refractivity contribution in [3.63, 3.8) is 0 Å². The van der Waals surface area contributed by atoms with Gasteiger partial charge in [-0.25, -0.2) is 4.98 Å². The van der Waals surface area contributed by atoms with Crippen LogP contribution in [0.2, 0.25) is 0 Å². The number of nitrogens with zero attached hydrogens (tertiary/aromatic N) is 1. The molecule has 17 heavy (non-hydrogen) atoms. The van der Waals surface area contributed by atoms with E-state index in [1.807, 2.05) is 37.3 Å². The Labute approximate surface area is 106 Å².